The van der Waals surface area contributed by atoms with Crippen LogP contribution in [0.2, 0.25) is 0 Å². The Balaban J connectivity index is 2.38. The van der Waals surface area contributed by atoms with Gasteiger partial charge in [0.1, 0.15) is 5.70 Å². The first-order valence-corrected chi connectivity index (χ1v) is 4.16. The molecule has 4 heteroatoms. The lowest BCUT2D eigenvalue weighted by Gasteiger charge is -2.30. The van der Waals surface area contributed by atoms with E-state index in [1.165, 1.54) is 5.57 Å². The van der Waals surface area contributed by atoms with Gasteiger partial charge in [0.2, 0.25) is 0 Å². The van der Waals surface area contributed by atoms with Crippen LogP contribution in [-0.2, 0) is 4.79 Å². The molecule has 0 aromatic rings. The third-order valence-electron chi connectivity index (χ3n) is 2.50. The van der Waals surface area contributed by atoms with E-state index in [4.69, 9.17) is 0 Å². The number of carbonyl (C=O) groups excluding carboxylic acids is 1. The molecule has 0 aromatic carbocycles. The molecule has 0 saturated carbocycles. The predicted molar refractivity (Wildman–Crippen MR) is 45.3 cm³/mol. The summed E-state index contributed by atoms with van der Waals surface area (Å²) in [6.07, 6.45) is 0. The highest BCUT2D eigenvalue weighted by atomic mass is 16.2. The lowest BCUT2D eigenvalue weighted by Crippen LogP contribution is -2.44. The van der Waals surface area contributed by atoms with E-state index in [1.807, 2.05) is 11.9 Å². The van der Waals surface area contributed by atoms with Gasteiger partial charge in [-0.25, -0.2) is 0 Å². The summed E-state index contributed by atoms with van der Waals surface area (Å²) in [7, 11) is 1.93. The third kappa shape index (κ3) is 0.914. The molecule has 1 amide bonds. The summed E-state index contributed by atoms with van der Waals surface area (Å²) in [6, 6.07) is 0.329. The van der Waals surface area contributed by atoms with Crippen LogP contribution in [0.25, 0.3) is 0 Å². The second-order valence-corrected chi connectivity index (χ2v) is 3.34. The molecule has 2 aliphatic rings. The lowest BCUT2D eigenvalue weighted by atomic mass is 10.1. The Morgan fingerprint density at radius 1 is 1.58 bits per heavy atom. The average molecular weight is 167 g/mol. The van der Waals surface area contributed by atoms with E-state index >= 15 is 0 Å². The summed E-state index contributed by atoms with van der Waals surface area (Å²) >= 11 is 0. The first kappa shape index (κ1) is 7.61. The van der Waals surface area contributed by atoms with Crippen LogP contribution >= 0.6 is 0 Å². The zero-order valence-corrected chi connectivity index (χ0v) is 7.35. The monoisotopic (exact) mass is 167 g/mol. The quantitative estimate of drug-likeness (QED) is 0.499. The van der Waals surface area contributed by atoms with Gasteiger partial charge in [0.25, 0.3) is 5.91 Å². The fourth-order valence-electron chi connectivity index (χ4n) is 1.74. The van der Waals surface area contributed by atoms with E-state index in [0.29, 0.717) is 12.6 Å². The zero-order chi connectivity index (χ0) is 8.72. The summed E-state index contributed by atoms with van der Waals surface area (Å²) in [5, 5.41) is 6.13. The number of likely N-dealkylation sites (N-methyl/N-ethyl adjacent to an activating group) is 1. The summed E-state index contributed by atoms with van der Waals surface area (Å²) < 4.78 is 0. The molecule has 0 radical (unpaired) electrons. The van der Waals surface area contributed by atoms with Crippen molar-refractivity contribution in [1.29, 1.82) is 0 Å². The fraction of sp³-hybridized carbons (Fsp3) is 0.625. The fourth-order valence-corrected chi connectivity index (χ4v) is 1.74. The molecule has 0 spiro atoms. The molecule has 0 saturated heterocycles. The number of amides is 1. The van der Waals surface area contributed by atoms with Gasteiger partial charge in [0.15, 0.2) is 0 Å². The summed E-state index contributed by atoms with van der Waals surface area (Å²) in [6.45, 7) is 3.54. The van der Waals surface area contributed by atoms with Gasteiger partial charge in [-0.1, -0.05) is 0 Å². The summed E-state index contributed by atoms with van der Waals surface area (Å²) in [5.41, 5.74) is 2.05. The first-order valence-electron chi connectivity index (χ1n) is 4.16. The summed E-state index contributed by atoms with van der Waals surface area (Å²) in [5.74, 6) is 0.0702. The van der Waals surface area contributed by atoms with Crippen LogP contribution < -0.4 is 10.6 Å². The third-order valence-corrected chi connectivity index (χ3v) is 2.50. The molecule has 2 aliphatic heterocycles. The largest absolute Gasteiger partial charge is 0.357 e. The number of hydrogen-bond acceptors (Lipinski definition) is 3. The van der Waals surface area contributed by atoms with Gasteiger partial charge in [-0.2, -0.15) is 0 Å². The van der Waals surface area contributed by atoms with Crippen molar-refractivity contribution in [2.24, 2.45) is 0 Å². The molecular formula is C8H13N3O. The minimum Gasteiger partial charge on any atom is -0.357 e. The Morgan fingerprint density at radius 2 is 2.33 bits per heavy atom. The normalized spacial score (nSPS) is 29.0. The van der Waals surface area contributed by atoms with E-state index in [-0.39, 0.29) is 5.91 Å². The van der Waals surface area contributed by atoms with Crippen LogP contribution in [-0.4, -0.2) is 37.1 Å². The number of hydrogen-bond donors (Lipinski definition) is 2. The lowest BCUT2D eigenvalue weighted by molar-refractivity contribution is -0.118. The SMILES string of the molecule is CC1NCN(C)C2=C1CNC2=O. The van der Waals surface area contributed by atoms with Crippen molar-refractivity contribution >= 4 is 5.91 Å². The van der Waals surface area contributed by atoms with Crippen LogP contribution in [0.3, 0.4) is 0 Å². The van der Waals surface area contributed by atoms with Crippen molar-refractivity contribution in [2.75, 3.05) is 20.3 Å². The maximum absolute atomic E-state index is 11.3. The van der Waals surface area contributed by atoms with E-state index in [2.05, 4.69) is 17.6 Å². The standard InChI is InChI=1S/C8H13N3O/c1-5-6-3-9-8(12)7(6)11(2)4-10-5/h5,10H,3-4H2,1-2H3,(H,9,12). The highest BCUT2D eigenvalue weighted by Gasteiger charge is 2.31. The van der Waals surface area contributed by atoms with Gasteiger partial charge >= 0.3 is 0 Å². The van der Waals surface area contributed by atoms with Crippen LogP contribution in [0.15, 0.2) is 11.3 Å². The van der Waals surface area contributed by atoms with E-state index in [9.17, 15) is 4.79 Å². The summed E-state index contributed by atoms with van der Waals surface area (Å²) in [4.78, 5) is 13.3. The maximum Gasteiger partial charge on any atom is 0.267 e. The first-order chi connectivity index (χ1) is 5.70. The topological polar surface area (TPSA) is 44.4 Å². The second kappa shape index (κ2) is 2.48. The van der Waals surface area contributed by atoms with Crippen molar-refractivity contribution in [2.45, 2.75) is 13.0 Å². The van der Waals surface area contributed by atoms with E-state index in [1.54, 1.807) is 0 Å². The van der Waals surface area contributed by atoms with Crippen LogP contribution in [0.5, 0.6) is 0 Å². The molecule has 1 unspecified atom stereocenters. The molecule has 4 nitrogen and oxygen atoms in total. The van der Waals surface area contributed by atoms with Gasteiger partial charge in [-0.3, -0.25) is 10.1 Å². The van der Waals surface area contributed by atoms with Crippen molar-refractivity contribution in [3.05, 3.63) is 11.3 Å². The van der Waals surface area contributed by atoms with Crippen molar-refractivity contribution in [1.82, 2.24) is 15.5 Å². The Labute approximate surface area is 71.6 Å². The molecule has 2 heterocycles. The zero-order valence-electron chi connectivity index (χ0n) is 7.35. The molecule has 0 aromatic heterocycles. The molecule has 66 valence electrons. The van der Waals surface area contributed by atoms with Crippen LogP contribution in [0.1, 0.15) is 6.92 Å². The highest BCUT2D eigenvalue weighted by Crippen LogP contribution is 2.20. The molecule has 0 aliphatic carbocycles. The molecule has 0 bridgehead atoms. The Kier molecular flexibility index (Phi) is 1.58. The van der Waals surface area contributed by atoms with E-state index in [0.717, 1.165) is 12.4 Å². The average Bonchev–Trinajstić information content (AvgIpc) is 2.42. The molecular weight excluding hydrogens is 154 g/mol. The number of carbonyl (C=O) groups is 1. The molecule has 1 atom stereocenters. The van der Waals surface area contributed by atoms with Gasteiger partial charge in [0.05, 0.1) is 6.67 Å². The number of nitrogens with zero attached hydrogens (tertiary/aromatic N) is 1. The van der Waals surface area contributed by atoms with Gasteiger partial charge < -0.3 is 10.2 Å². The molecule has 2 rings (SSSR count). The van der Waals surface area contributed by atoms with E-state index < -0.39 is 0 Å². The van der Waals surface area contributed by atoms with Crippen molar-refractivity contribution in [3.8, 4) is 0 Å². The minimum atomic E-state index is 0.0702. The molecule has 12 heavy (non-hydrogen) atoms. The maximum atomic E-state index is 11.3. The Morgan fingerprint density at radius 3 is 3.00 bits per heavy atom. The van der Waals surface area contributed by atoms with Crippen LogP contribution in [0, 0.1) is 0 Å². The molecule has 0 fully saturated rings. The minimum absolute atomic E-state index is 0.0702. The predicted octanol–water partition coefficient (Wildman–Crippen LogP) is -0.749. The number of nitrogens with one attached hydrogen (secondary N) is 2. The molecule has 2 N–H and O–H groups in total. The Hall–Kier alpha value is -1.03. The van der Waals surface area contributed by atoms with Crippen LogP contribution in [0.4, 0.5) is 0 Å². The van der Waals surface area contributed by atoms with Gasteiger partial charge in [0, 0.05) is 19.6 Å². The van der Waals surface area contributed by atoms with Crippen molar-refractivity contribution < 1.29 is 4.79 Å². The van der Waals surface area contributed by atoms with Gasteiger partial charge in [-0.05, 0) is 12.5 Å². The highest BCUT2D eigenvalue weighted by molar-refractivity contribution is 5.96. The van der Waals surface area contributed by atoms with Crippen molar-refractivity contribution in [3.63, 3.8) is 0 Å². The van der Waals surface area contributed by atoms with Gasteiger partial charge in [-0.15, -0.1) is 0 Å². The second-order valence-electron chi connectivity index (χ2n) is 3.34. The smallest absolute Gasteiger partial charge is 0.267 e. The Bertz CT molecular complexity index is 259. The number of rotatable bonds is 0.